The van der Waals surface area contributed by atoms with Crippen LogP contribution in [0.2, 0.25) is 0 Å². The summed E-state index contributed by atoms with van der Waals surface area (Å²) in [5, 5.41) is 13.8. The zero-order chi connectivity index (χ0) is 13.6. The van der Waals surface area contributed by atoms with Gasteiger partial charge in [-0.25, -0.2) is 0 Å². The topological polar surface area (TPSA) is 49.3 Å². The van der Waals surface area contributed by atoms with Gasteiger partial charge in [-0.2, -0.15) is 0 Å². The van der Waals surface area contributed by atoms with Gasteiger partial charge in [0.25, 0.3) is 0 Å². The first kappa shape index (κ1) is 15.3. The minimum Gasteiger partial charge on any atom is -0.384 e. The van der Waals surface area contributed by atoms with Crippen molar-refractivity contribution >= 4 is 10.8 Å². The van der Waals surface area contributed by atoms with Crippen LogP contribution in [0.1, 0.15) is 25.8 Å². The number of rotatable bonds is 7. The molecule has 0 amide bonds. The Balaban J connectivity index is 2.37. The molecule has 1 aromatic rings. The van der Waals surface area contributed by atoms with Crippen LogP contribution in [-0.4, -0.2) is 33.9 Å². The lowest BCUT2D eigenvalue weighted by Gasteiger charge is -2.24. The standard InChI is InChI=1S/C14H23NO2S/c1-12(18(3)17)9-10-15-11-14(2,16)13-7-5-4-6-8-13/h4-8,12,15-16H,9-11H2,1-3H3. The van der Waals surface area contributed by atoms with Crippen LogP contribution >= 0.6 is 0 Å². The zero-order valence-electron chi connectivity index (χ0n) is 11.3. The first-order valence-corrected chi connectivity index (χ1v) is 7.86. The van der Waals surface area contributed by atoms with Gasteiger partial charge in [0.1, 0.15) is 0 Å². The first-order valence-electron chi connectivity index (χ1n) is 6.24. The molecule has 102 valence electrons. The van der Waals surface area contributed by atoms with E-state index >= 15 is 0 Å². The summed E-state index contributed by atoms with van der Waals surface area (Å²) in [7, 11) is -0.773. The molecule has 0 radical (unpaired) electrons. The van der Waals surface area contributed by atoms with Gasteiger partial charge in [0.2, 0.25) is 0 Å². The summed E-state index contributed by atoms with van der Waals surface area (Å²) in [4.78, 5) is 0. The van der Waals surface area contributed by atoms with Crippen LogP contribution in [0, 0.1) is 0 Å². The van der Waals surface area contributed by atoms with Crippen LogP contribution in [0.3, 0.4) is 0 Å². The lowest BCUT2D eigenvalue weighted by molar-refractivity contribution is 0.0571. The Morgan fingerprint density at radius 1 is 1.39 bits per heavy atom. The molecule has 3 unspecified atom stereocenters. The van der Waals surface area contributed by atoms with Gasteiger partial charge >= 0.3 is 0 Å². The summed E-state index contributed by atoms with van der Waals surface area (Å²) in [6, 6.07) is 9.63. The molecule has 0 aromatic heterocycles. The molecular formula is C14H23NO2S. The van der Waals surface area contributed by atoms with Gasteiger partial charge in [0.15, 0.2) is 0 Å². The largest absolute Gasteiger partial charge is 0.384 e. The van der Waals surface area contributed by atoms with Gasteiger partial charge in [0.05, 0.1) is 5.60 Å². The minimum absolute atomic E-state index is 0.194. The van der Waals surface area contributed by atoms with Crippen molar-refractivity contribution in [3.05, 3.63) is 35.9 Å². The van der Waals surface area contributed by atoms with Crippen LogP contribution in [0.15, 0.2) is 30.3 Å². The molecular weight excluding hydrogens is 246 g/mol. The Kier molecular flexibility index (Phi) is 5.99. The molecule has 0 heterocycles. The maximum atomic E-state index is 11.2. The van der Waals surface area contributed by atoms with Crippen molar-refractivity contribution in [1.29, 1.82) is 0 Å². The minimum atomic E-state index is -0.865. The molecule has 1 aromatic carbocycles. The third kappa shape index (κ3) is 4.88. The quantitative estimate of drug-likeness (QED) is 0.740. The highest BCUT2D eigenvalue weighted by atomic mass is 32.2. The molecule has 0 saturated heterocycles. The maximum absolute atomic E-state index is 11.2. The lowest BCUT2D eigenvalue weighted by Crippen LogP contribution is -2.36. The third-order valence-electron chi connectivity index (χ3n) is 3.16. The van der Waals surface area contributed by atoms with E-state index in [-0.39, 0.29) is 5.25 Å². The monoisotopic (exact) mass is 269 g/mol. The van der Waals surface area contributed by atoms with Crippen LogP contribution in [0.4, 0.5) is 0 Å². The normalized spacial score (nSPS) is 18.0. The second-order valence-corrected chi connectivity index (χ2v) is 6.72. The third-order valence-corrected chi connectivity index (χ3v) is 4.53. The van der Waals surface area contributed by atoms with Gasteiger partial charge in [-0.1, -0.05) is 37.3 Å². The highest BCUT2D eigenvalue weighted by Gasteiger charge is 2.21. The Morgan fingerprint density at radius 2 is 2.00 bits per heavy atom. The summed E-state index contributed by atoms with van der Waals surface area (Å²) in [6.07, 6.45) is 2.58. The van der Waals surface area contributed by atoms with E-state index in [2.05, 4.69) is 5.32 Å². The van der Waals surface area contributed by atoms with E-state index < -0.39 is 16.4 Å². The number of nitrogens with one attached hydrogen (secondary N) is 1. The van der Waals surface area contributed by atoms with Crippen LogP contribution < -0.4 is 5.32 Å². The van der Waals surface area contributed by atoms with Crippen molar-refractivity contribution in [2.24, 2.45) is 0 Å². The highest BCUT2D eigenvalue weighted by molar-refractivity contribution is 7.84. The molecule has 0 saturated carbocycles. The van der Waals surface area contributed by atoms with Crippen molar-refractivity contribution in [3.8, 4) is 0 Å². The van der Waals surface area contributed by atoms with Gasteiger partial charge < -0.3 is 10.4 Å². The van der Waals surface area contributed by atoms with E-state index in [0.717, 1.165) is 18.5 Å². The summed E-state index contributed by atoms with van der Waals surface area (Å²) in [5.74, 6) is 0. The second kappa shape index (κ2) is 7.02. The fourth-order valence-corrected chi connectivity index (χ4v) is 2.15. The summed E-state index contributed by atoms with van der Waals surface area (Å²) < 4.78 is 11.2. The molecule has 0 bridgehead atoms. The van der Waals surface area contributed by atoms with E-state index in [1.54, 1.807) is 13.2 Å². The van der Waals surface area contributed by atoms with Crippen LogP contribution in [0.5, 0.6) is 0 Å². The molecule has 1 rings (SSSR count). The molecule has 3 atom stereocenters. The number of hydrogen-bond acceptors (Lipinski definition) is 3. The Hall–Kier alpha value is -0.710. The predicted octanol–water partition coefficient (Wildman–Crippen LogP) is 1.64. The molecule has 3 nitrogen and oxygen atoms in total. The Bertz CT molecular complexity index is 379. The first-order chi connectivity index (χ1) is 8.43. The molecule has 0 aliphatic carbocycles. The fraction of sp³-hybridized carbons (Fsp3) is 0.571. The molecule has 0 spiro atoms. The van der Waals surface area contributed by atoms with Gasteiger partial charge in [0, 0.05) is 28.9 Å². The molecule has 0 aliphatic rings. The van der Waals surface area contributed by atoms with Gasteiger partial charge in [-0.15, -0.1) is 0 Å². The molecule has 0 aliphatic heterocycles. The van der Waals surface area contributed by atoms with Crippen molar-refractivity contribution in [3.63, 3.8) is 0 Å². The SMILES string of the molecule is CC(CCNCC(C)(O)c1ccccc1)S(C)=O. The van der Waals surface area contributed by atoms with Crippen LogP contribution in [0.25, 0.3) is 0 Å². The molecule has 0 fully saturated rings. The van der Waals surface area contributed by atoms with Crippen molar-refractivity contribution in [2.45, 2.75) is 31.1 Å². The highest BCUT2D eigenvalue weighted by Crippen LogP contribution is 2.18. The molecule has 18 heavy (non-hydrogen) atoms. The van der Waals surface area contributed by atoms with Crippen molar-refractivity contribution < 1.29 is 9.32 Å². The smallest absolute Gasteiger partial charge is 0.0992 e. The average Bonchev–Trinajstić information content (AvgIpc) is 2.35. The summed E-state index contributed by atoms with van der Waals surface area (Å²) in [5.41, 5.74) is 0.0418. The fourth-order valence-electron chi connectivity index (χ4n) is 1.70. The van der Waals surface area contributed by atoms with E-state index in [9.17, 15) is 9.32 Å². The van der Waals surface area contributed by atoms with Crippen LogP contribution in [-0.2, 0) is 16.4 Å². The van der Waals surface area contributed by atoms with Gasteiger partial charge in [-0.3, -0.25) is 4.21 Å². The Morgan fingerprint density at radius 3 is 2.56 bits per heavy atom. The number of aliphatic hydroxyl groups is 1. The summed E-state index contributed by atoms with van der Waals surface area (Å²) >= 11 is 0. The lowest BCUT2D eigenvalue weighted by atomic mass is 9.96. The van der Waals surface area contributed by atoms with E-state index in [1.165, 1.54) is 0 Å². The molecule has 2 N–H and O–H groups in total. The van der Waals surface area contributed by atoms with Crippen molar-refractivity contribution in [2.75, 3.05) is 19.3 Å². The Labute approximate surface area is 112 Å². The number of hydrogen-bond donors (Lipinski definition) is 2. The zero-order valence-corrected chi connectivity index (χ0v) is 12.2. The number of benzene rings is 1. The van der Waals surface area contributed by atoms with E-state index in [4.69, 9.17) is 0 Å². The molecule has 4 heteroatoms. The van der Waals surface area contributed by atoms with E-state index in [0.29, 0.717) is 6.54 Å². The second-order valence-electron chi connectivity index (χ2n) is 4.91. The van der Waals surface area contributed by atoms with Crippen molar-refractivity contribution in [1.82, 2.24) is 5.32 Å². The summed E-state index contributed by atoms with van der Waals surface area (Å²) in [6.45, 7) is 5.05. The average molecular weight is 269 g/mol. The predicted molar refractivity (Wildman–Crippen MR) is 77.0 cm³/mol. The van der Waals surface area contributed by atoms with Gasteiger partial charge in [-0.05, 0) is 25.5 Å². The maximum Gasteiger partial charge on any atom is 0.0992 e. The van der Waals surface area contributed by atoms with E-state index in [1.807, 2.05) is 37.3 Å².